The number of carbonyl (C=O) groups is 2. The molecule has 1 N–H and O–H groups in total. The molecule has 0 aromatic carbocycles. The number of aromatic nitrogens is 4. The number of pyridine rings is 3. The predicted octanol–water partition coefficient (Wildman–Crippen LogP) is 5.12. The third-order valence-corrected chi connectivity index (χ3v) is 8.88. The van der Waals surface area contributed by atoms with Gasteiger partial charge >= 0.3 is 6.09 Å². The second kappa shape index (κ2) is 13.9. The van der Waals surface area contributed by atoms with Gasteiger partial charge in [-0.25, -0.2) is 19.3 Å². The topological polar surface area (TPSA) is 147 Å². The van der Waals surface area contributed by atoms with Gasteiger partial charge in [-0.1, -0.05) is 11.6 Å². The van der Waals surface area contributed by atoms with Crippen molar-refractivity contribution in [3.05, 3.63) is 71.4 Å². The lowest BCUT2D eigenvalue weighted by atomic mass is 9.89. The summed E-state index contributed by atoms with van der Waals surface area (Å²) in [6, 6.07) is 11.4. The molecule has 1 atom stereocenters. The van der Waals surface area contributed by atoms with Crippen LogP contribution in [0.25, 0.3) is 16.6 Å². The molecule has 13 nitrogen and oxygen atoms in total. The van der Waals surface area contributed by atoms with Crippen LogP contribution in [0, 0.1) is 11.3 Å². The highest BCUT2D eigenvalue weighted by Crippen LogP contribution is 2.33. The molecule has 0 spiro atoms. The number of fused-ring (bicyclic) bond motifs is 1. The van der Waals surface area contributed by atoms with Crippen molar-refractivity contribution < 1.29 is 23.8 Å². The number of nitriles is 1. The Balaban J connectivity index is 1.13. The van der Waals surface area contributed by atoms with E-state index in [0.717, 1.165) is 16.9 Å². The normalized spacial score (nSPS) is 17.8. The molecule has 2 amide bonds. The number of piperidine rings is 1. The number of hydrogen-bond acceptors (Lipinski definition) is 10. The first kappa shape index (κ1) is 34.0. The molecule has 6 heterocycles. The number of nitrogens with zero attached hydrogens (tertiary/aromatic N) is 7. The summed E-state index contributed by atoms with van der Waals surface area (Å²) in [6.07, 6.45) is 7.30. The fourth-order valence-electron chi connectivity index (χ4n) is 5.95. The maximum absolute atomic E-state index is 12.9. The predicted molar refractivity (Wildman–Crippen MR) is 183 cm³/mol. The third kappa shape index (κ3) is 7.87. The number of nitrogens with one attached hydrogen (secondary N) is 1. The number of amides is 2. The lowest BCUT2D eigenvalue weighted by Crippen LogP contribution is -2.53. The van der Waals surface area contributed by atoms with Crippen molar-refractivity contribution in [1.29, 1.82) is 5.26 Å². The Morgan fingerprint density at radius 1 is 1.16 bits per heavy atom. The largest absolute Gasteiger partial charge is 0.489 e. The van der Waals surface area contributed by atoms with E-state index in [4.69, 9.17) is 30.8 Å². The van der Waals surface area contributed by atoms with Crippen molar-refractivity contribution in [2.75, 3.05) is 44.3 Å². The number of carbonyl (C=O) groups excluding carboxylic acids is 2. The number of hydrogen-bond donors (Lipinski definition) is 1. The molecule has 6 rings (SSSR count). The fourth-order valence-corrected chi connectivity index (χ4v) is 6.16. The van der Waals surface area contributed by atoms with Crippen molar-refractivity contribution in [3.8, 4) is 22.9 Å². The maximum Gasteiger partial charge on any atom is 0.410 e. The van der Waals surface area contributed by atoms with E-state index in [1.165, 1.54) is 6.20 Å². The lowest BCUT2D eigenvalue weighted by Gasteiger charge is -2.40. The summed E-state index contributed by atoms with van der Waals surface area (Å²) >= 11 is 6.18. The molecular formula is C35H39ClN8O5. The summed E-state index contributed by atoms with van der Waals surface area (Å²) in [5.41, 5.74) is 1.84. The Morgan fingerprint density at radius 2 is 1.96 bits per heavy atom. The molecule has 2 saturated heterocycles. The van der Waals surface area contributed by atoms with Gasteiger partial charge in [0.1, 0.15) is 41.6 Å². The van der Waals surface area contributed by atoms with Gasteiger partial charge in [0, 0.05) is 48.7 Å². The number of anilines is 1. The van der Waals surface area contributed by atoms with Crippen LogP contribution < -0.4 is 15.0 Å². The van der Waals surface area contributed by atoms with Gasteiger partial charge in [-0.15, -0.1) is 0 Å². The molecule has 256 valence electrons. The number of ether oxygens (including phenoxy) is 3. The highest BCUT2D eigenvalue weighted by molar-refractivity contribution is 6.33. The molecule has 4 aromatic rings. The van der Waals surface area contributed by atoms with Gasteiger partial charge < -0.3 is 29.3 Å². The summed E-state index contributed by atoms with van der Waals surface area (Å²) in [5, 5.41) is 17.7. The zero-order valence-electron chi connectivity index (χ0n) is 28.0. The zero-order chi connectivity index (χ0) is 34.8. The summed E-state index contributed by atoms with van der Waals surface area (Å²) in [5.74, 6) is 1.06. The first-order chi connectivity index (χ1) is 23.4. The molecular weight excluding hydrogens is 648 g/mol. The van der Waals surface area contributed by atoms with Gasteiger partial charge in [-0.2, -0.15) is 10.4 Å². The molecule has 1 unspecified atom stereocenters. The summed E-state index contributed by atoms with van der Waals surface area (Å²) in [6.45, 7) is 10.3. The molecule has 2 fully saturated rings. The smallest absolute Gasteiger partial charge is 0.410 e. The quantitative estimate of drug-likeness (QED) is 0.278. The minimum absolute atomic E-state index is 0.205. The van der Waals surface area contributed by atoms with Crippen LogP contribution in [-0.2, 0) is 9.47 Å². The van der Waals surface area contributed by atoms with Gasteiger partial charge in [0.05, 0.1) is 41.6 Å². The molecule has 2 aliphatic rings. The minimum Gasteiger partial charge on any atom is -0.489 e. The van der Waals surface area contributed by atoms with E-state index in [2.05, 4.69) is 26.4 Å². The number of halogens is 1. The van der Waals surface area contributed by atoms with E-state index in [9.17, 15) is 14.9 Å². The summed E-state index contributed by atoms with van der Waals surface area (Å²) in [4.78, 5) is 38.2. The van der Waals surface area contributed by atoms with Crippen LogP contribution in [-0.4, -0.2) is 93.1 Å². The van der Waals surface area contributed by atoms with Crippen molar-refractivity contribution in [2.24, 2.45) is 0 Å². The molecule has 2 aliphatic heterocycles. The Hall–Kier alpha value is -4.93. The SMILES string of the molecule is CC1(NC(=O)c2ncccc2Cl)CCN(c2ccc(-c3cc(OCC4CN(C(=O)OC(C)(C)C)CCO4)cn4ncc(C#N)c34)cn2)CC1. The van der Waals surface area contributed by atoms with Gasteiger partial charge in [0.15, 0.2) is 0 Å². The zero-order valence-corrected chi connectivity index (χ0v) is 28.7. The van der Waals surface area contributed by atoms with Crippen molar-refractivity contribution in [2.45, 2.75) is 57.8 Å². The highest BCUT2D eigenvalue weighted by atomic mass is 35.5. The minimum atomic E-state index is -0.586. The molecule has 0 radical (unpaired) electrons. The van der Waals surface area contributed by atoms with E-state index in [0.29, 0.717) is 67.5 Å². The third-order valence-electron chi connectivity index (χ3n) is 8.57. The Morgan fingerprint density at radius 3 is 2.65 bits per heavy atom. The van der Waals surface area contributed by atoms with Crippen molar-refractivity contribution in [3.63, 3.8) is 0 Å². The molecule has 0 aliphatic carbocycles. The Labute approximate surface area is 289 Å². The number of morpholine rings is 1. The molecule has 4 aromatic heterocycles. The molecule has 14 heteroatoms. The summed E-state index contributed by atoms with van der Waals surface area (Å²) in [7, 11) is 0. The first-order valence-electron chi connectivity index (χ1n) is 16.2. The van der Waals surface area contributed by atoms with E-state index < -0.39 is 11.1 Å². The van der Waals surface area contributed by atoms with Crippen LogP contribution in [0.5, 0.6) is 5.75 Å². The first-order valence-corrected chi connectivity index (χ1v) is 16.6. The molecule has 0 saturated carbocycles. The van der Waals surface area contributed by atoms with Crippen molar-refractivity contribution in [1.82, 2.24) is 29.8 Å². The van der Waals surface area contributed by atoms with Crippen LogP contribution in [0.3, 0.4) is 0 Å². The fraction of sp³-hybridized carbons (Fsp3) is 0.429. The molecule has 49 heavy (non-hydrogen) atoms. The summed E-state index contributed by atoms with van der Waals surface area (Å²) < 4.78 is 19.2. The molecule has 0 bridgehead atoms. The van der Waals surface area contributed by atoms with E-state index in [1.54, 1.807) is 40.1 Å². The van der Waals surface area contributed by atoms with Crippen LogP contribution in [0.4, 0.5) is 10.6 Å². The average molecular weight is 687 g/mol. The van der Waals surface area contributed by atoms with Gasteiger partial charge in [-0.3, -0.25) is 4.79 Å². The van der Waals surface area contributed by atoms with E-state index >= 15 is 0 Å². The van der Waals surface area contributed by atoms with Crippen LogP contribution in [0.1, 0.15) is 56.6 Å². The second-order valence-electron chi connectivity index (χ2n) is 13.5. The monoisotopic (exact) mass is 686 g/mol. The van der Waals surface area contributed by atoms with Crippen LogP contribution in [0.2, 0.25) is 5.02 Å². The van der Waals surface area contributed by atoms with Gasteiger partial charge in [0.25, 0.3) is 5.91 Å². The Kier molecular flexibility index (Phi) is 9.63. The van der Waals surface area contributed by atoms with Gasteiger partial charge in [-0.05, 0) is 70.9 Å². The Bertz CT molecular complexity index is 1880. The van der Waals surface area contributed by atoms with Gasteiger partial charge in [0.2, 0.25) is 0 Å². The second-order valence-corrected chi connectivity index (χ2v) is 13.9. The standard InChI is InChI=1S/C35H39ClN8O5/c1-34(2,3)49-33(46)43-14-15-47-26(20-43)22-48-25-16-27(31-24(17-37)19-40-44(31)21-25)23-7-8-29(39-18-23)42-12-9-35(4,10-13-42)41-32(45)30-28(36)6-5-11-38-30/h5-8,11,16,18-19,21,26H,9-10,12-15,20,22H2,1-4H3,(H,41,45). The van der Waals surface area contributed by atoms with Crippen molar-refractivity contribution >= 4 is 34.9 Å². The maximum atomic E-state index is 12.9. The van der Waals surface area contributed by atoms with Crippen LogP contribution in [0.15, 0.2) is 55.1 Å². The number of rotatable bonds is 7. The average Bonchev–Trinajstić information content (AvgIpc) is 3.50. The lowest BCUT2D eigenvalue weighted by molar-refractivity contribution is -0.0557. The van der Waals surface area contributed by atoms with E-state index in [-0.39, 0.29) is 30.4 Å². The van der Waals surface area contributed by atoms with Crippen LogP contribution >= 0.6 is 11.6 Å². The highest BCUT2D eigenvalue weighted by Gasteiger charge is 2.33. The van der Waals surface area contributed by atoms with E-state index in [1.807, 2.05) is 45.9 Å².